The molecule has 7 unspecified atom stereocenters. The smallest absolute Gasteiger partial charge is 0.165 e. The molecule has 170 valence electrons. The van der Waals surface area contributed by atoms with Gasteiger partial charge in [0.15, 0.2) is 11.5 Å². The van der Waals surface area contributed by atoms with Gasteiger partial charge >= 0.3 is 0 Å². The highest BCUT2D eigenvalue weighted by Gasteiger charge is 2.81. The van der Waals surface area contributed by atoms with Crippen LogP contribution in [0.3, 0.4) is 0 Å². The number of hydrogen-bond acceptors (Lipinski definition) is 5. The maximum Gasteiger partial charge on any atom is 0.165 e. The first-order valence-corrected chi connectivity index (χ1v) is 12.2. The summed E-state index contributed by atoms with van der Waals surface area (Å²) in [5.74, 6) is 1.86. The topological polar surface area (TPSA) is 51.2 Å². The number of ether oxygens (including phenoxy) is 3. The quantitative estimate of drug-likeness (QED) is 0.777. The van der Waals surface area contributed by atoms with Crippen LogP contribution >= 0.6 is 0 Å². The molecule has 1 saturated heterocycles. The van der Waals surface area contributed by atoms with Crippen molar-refractivity contribution in [2.45, 2.75) is 87.6 Å². The van der Waals surface area contributed by atoms with Crippen molar-refractivity contribution in [3.63, 3.8) is 0 Å². The van der Waals surface area contributed by atoms with E-state index in [0.717, 1.165) is 63.0 Å². The van der Waals surface area contributed by atoms with Gasteiger partial charge in [0.2, 0.25) is 0 Å². The van der Waals surface area contributed by atoms with Crippen LogP contribution in [-0.2, 0) is 16.6 Å². The number of fused-ring (bicyclic) bond motifs is 2. The van der Waals surface area contributed by atoms with E-state index in [1.54, 1.807) is 7.11 Å². The molecule has 2 heterocycles. The molecule has 2 spiro atoms. The zero-order chi connectivity index (χ0) is 21.8. The first kappa shape index (κ1) is 20.3. The maximum absolute atomic E-state index is 11.8. The Labute approximate surface area is 186 Å². The second kappa shape index (κ2) is 6.18. The number of methoxy groups -OCH3 is 2. The lowest BCUT2D eigenvalue weighted by Crippen LogP contribution is -2.82. The van der Waals surface area contributed by atoms with Crippen LogP contribution in [0, 0.1) is 11.3 Å². The van der Waals surface area contributed by atoms with Crippen LogP contribution in [0.1, 0.15) is 63.5 Å². The highest BCUT2D eigenvalue weighted by Crippen LogP contribution is 2.77. The van der Waals surface area contributed by atoms with Gasteiger partial charge in [-0.25, -0.2) is 0 Å². The minimum atomic E-state index is -0.769. The molecule has 4 aliphatic carbocycles. The Hall–Kier alpha value is -1.30. The average Bonchev–Trinajstić information content (AvgIpc) is 3.13. The molecule has 2 aliphatic heterocycles. The van der Waals surface area contributed by atoms with Crippen molar-refractivity contribution >= 4 is 0 Å². The SMILES string of the molecule is CCCC(C)(O)C1CC23CCC1(OC)C1Oc4c(OC)ccc5c4C12CCN(C)C3C5. The minimum Gasteiger partial charge on any atom is -0.493 e. The van der Waals surface area contributed by atoms with E-state index < -0.39 is 11.2 Å². The fourth-order valence-corrected chi connectivity index (χ4v) is 9.24. The molecular weight excluding hydrogens is 390 g/mol. The van der Waals surface area contributed by atoms with Gasteiger partial charge in [-0.05, 0) is 70.7 Å². The summed E-state index contributed by atoms with van der Waals surface area (Å²) in [7, 11) is 5.90. The summed E-state index contributed by atoms with van der Waals surface area (Å²) in [6, 6.07) is 4.84. The molecule has 5 nitrogen and oxygen atoms in total. The molecule has 4 bridgehead atoms. The zero-order valence-electron chi connectivity index (χ0n) is 19.7. The number of likely N-dealkylation sites (N-methyl/N-ethyl adjacent to an activating group) is 1. The molecule has 0 amide bonds. The van der Waals surface area contributed by atoms with Gasteiger partial charge in [0.05, 0.1) is 12.7 Å². The summed E-state index contributed by atoms with van der Waals surface area (Å²) in [6.45, 7) is 5.29. The molecule has 1 aromatic rings. The highest BCUT2D eigenvalue weighted by molar-refractivity contribution is 5.63. The van der Waals surface area contributed by atoms with Crippen LogP contribution < -0.4 is 9.47 Å². The van der Waals surface area contributed by atoms with E-state index in [9.17, 15) is 5.11 Å². The second-order valence-corrected chi connectivity index (χ2v) is 11.2. The van der Waals surface area contributed by atoms with Gasteiger partial charge in [-0.3, -0.25) is 0 Å². The summed E-state index contributed by atoms with van der Waals surface area (Å²) < 4.78 is 19.3. The lowest BCUT2D eigenvalue weighted by molar-refractivity contribution is -0.301. The van der Waals surface area contributed by atoms with E-state index in [2.05, 4.69) is 31.0 Å². The Bertz CT molecular complexity index is 930. The molecule has 1 N–H and O–H groups in total. The fraction of sp³-hybridized carbons (Fsp3) is 0.769. The Balaban J connectivity index is 1.64. The van der Waals surface area contributed by atoms with Crippen molar-refractivity contribution in [2.24, 2.45) is 11.3 Å². The van der Waals surface area contributed by atoms with Gasteiger partial charge in [-0.15, -0.1) is 0 Å². The average molecular weight is 428 g/mol. The first-order valence-electron chi connectivity index (χ1n) is 12.2. The van der Waals surface area contributed by atoms with Crippen LogP contribution in [-0.4, -0.2) is 61.2 Å². The highest BCUT2D eigenvalue weighted by atomic mass is 16.6. The molecule has 6 aliphatic rings. The van der Waals surface area contributed by atoms with Gasteiger partial charge < -0.3 is 24.2 Å². The molecule has 4 fully saturated rings. The summed E-state index contributed by atoms with van der Waals surface area (Å²) >= 11 is 0. The van der Waals surface area contributed by atoms with Gasteiger partial charge in [0.25, 0.3) is 0 Å². The van der Waals surface area contributed by atoms with E-state index in [1.165, 1.54) is 11.1 Å². The van der Waals surface area contributed by atoms with E-state index in [1.807, 2.05) is 14.0 Å². The number of benzene rings is 1. The Kier molecular flexibility index (Phi) is 4.05. The van der Waals surface area contributed by atoms with E-state index in [4.69, 9.17) is 14.2 Å². The predicted octanol–water partition coefficient (Wildman–Crippen LogP) is 3.69. The summed E-state index contributed by atoms with van der Waals surface area (Å²) in [4.78, 5) is 2.60. The van der Waals surface area contributed by atoms with Crippen LogP contribution in [0.5, 0.6) is 11.5 Å². The summed E-state index contributed by atoms with van der Waals surface area (Å²) in [5, 5.41) is 11.8. The van der Waals surface area contributed by atoms with E-state index >= 15 is 0 Å². The molecular formula is C26H37NO4. The standard InChI is InChI=1S/C26H37NO4/c1-6-9-23(2,28)18-15-24-10-11-26(18,30-5)22-25(24)12-13-27(3)19(24)14-16-7-8-17(29-4)21(31-22)20(16)25/h7-8,18-19,22,28H,6,9-15H2,1-5H3. The number of piperidine rings is 1. The third-order valence-corrected chi connectivity index (χ3v) is 10.3. The number of nitrogens with zero attached hydrogens (tertiary/aromatic N) is 1. The van der Waals surface area contributed by atoms with Crippen molar-refractivity contribution in [2.75, 3.05) is 27.8 Å². The summed E-state index contributed by atoms with van der Waals surface area (Å²) in [5.41, 5.74) is 1.66. The van der Waals surface area contributed by atoms with Gasteiger partial charge in [-0.2, -0.15) is 0 Å². The number of hydrogen-bond donors (Lipinski definition) is 1. The fourth-order valence-electron chi connectivity index (χ4n) is 9.24. The molecule has 1 aromatic carbocycles. The normalized spacial score (nSPS) is 43.9. The van der Waals surface area contributed by atoms with Crippen molar-refractivity contribution < 1.29 is 19.3 Å². The van der Waals surface area contributed by atoms with Crippen molar-refractivity contribution in [3.8, 4) is 11.5 Å². The number of rotatable bonds is 5. The zero-order valence-corrected chi connectivity index (χ0v) is 19.7. The Morgan fingerprint density at radius 2 is 2.06 bits per heavy atom. The molecule has 5 heteroatoms. The van der Waals surface area contributed by atoms with E-state index in [-0.39, 0.29) is 22.9 Å². The van der Waals surface area contributed by atoms with Crippen LogP contribution in [0.25, 0.3) is 0 Å². The van der Waals surface area contributed by atoms with Crippen molar-refractivity contribution in [1.82, 2.24) is 4.90 Å². The molecule has 0 radical (unpaired) electrons. The van der Waals surface area contributed by atoms with Crippen molar-refractivity contribution in [1.29, 1.82) is 0 Å². The molecule has 7 atom stereocenters. The lowest BCUT2D eigenvalue weighted by atomic mass is 9.33. The minimum absolute atomic E-state index is 0.0469. The number of aliphatic hydroxyl groups is 1. The third-order valence-electron chi connectivity index (χ3n) is 10.3. The second-order valence-electron chi connectivity index (χ2n) is 11.2. The largest absolute Gasteiger partial charge is 0.493 e. The van der Waals surface area contributed by atoms with Gasteiger partial charge in [0, 0.05) is 35.5 Å². The maximum atomic E-state index is 11.8. The molecule has 31 heavy (non-hydrogen) atoms. The summed E-state index contributed by atoms with van der Waals surface area (Å²) in [6.07, 6.45) is 6.95. The number of likely N-dealkylation sites (tertiary alicyclic amines) is 1. The van der Waals surface area contributed by atoms with Gasteiger partial charge in [0.1, 0.15) is 11.7 Å². The van der Waals surface area contributed by atoms with Crippen LogP contribution in [0.2, 0.25) is 0 Å². The first-order chi connectivity index (χ1) is 14.8. The van der Waals surface area contributed by atoms with E-state index in [0.29, 0.717) is 6.04 Å². The monoisotopic (exact) mass is 427 g/mol. The van der Waals surface area contributed by atoms with Crippen molar-refractivity contribution in [3.05, 3.63) is 23.3 Å². The predicted molar refractivity (Wildman–Crippen MR) is 119 cm³/mol. The molecule has 7 rings (SSSR count). The Morgan fingerprint density at radius 1 is 1.26 bits per heavy atom. The lowest BCUT2D eigenvalue weighted by Gasteiger charge is -2.74. The Morgan fingerprint density at radius 3 is 2.77 bits per heavy atom. The molecule has 3 saturated carbocycles. The third kappa shape index (κ3) is 2.06. The van der Waals surface area contributed by atoms with Crippen LogP contribution in [0.15, 0.2) is 12.1 Å². The van der Waals surface area contributed by atoms with Gasteiger partial charge in [-0.1, -0.05) is 19.4 Å². The van der Waals surface area contributed by atoms with Crippen LogP contribution in [0.4, 0.5) is 0 Å². The molecule has 0 aromatic heterocycles.